The van der Waals surface area contributed by atoms with Crippen LogP contribution in [0.2, 0.25) is 0 Å². The van der Waals surface area contributed by atoms with E-state index in [1.807, 2.05) is 11.8 Å². The van der Waals surface area contributed by atoms with Crippen molar-refractivity contribution in [2.45, 2.75) is 29.5 Å². The van der Waals surface area contributed by atoms with E-state index >= 15 is 0 Å². The summed E-state index contributed by atoms with van der Waals surface area (Å²) in [6.45, 7) is 3.04. The normalized spacial score (nSPS) is 24.4. The van der Waals surface area contributed by atoms with E-state index in [4.69, 9.17) is 5.73 Å². The van der Waals surface area contributed by atoms with Gasteiger partial charge in [0.25, 0.3) is 0 Å². The Kier molecular flexibility index (Phi) is 3.82. The van der Waals surface area contributed by atoms with Crippen molar-refractivity contribution in [2.75, 3.05) is 18.5 Å². The molecule has 0 fully saturated rings. The van der Waals surface area contributed by atoms with E-state index in [-0.39, 0.29) is 0 Å². The summed E-state index contributed by atoms with van der Waals surface area (Å²) in [6, 6.07) is 7.03. The molecule has 1 aromatic carbocycles. The highest BCUT2D eigenvalue weighted by Crippen LogP contribution is 2.42. The number of rotatable bonds is 2. The van der Waals surface area contributed by atoms with Crippen LogP contribution in [-0.2, 0) is 0 Å². The zero-order valence-corrected chi connectivity index (χ0v) is 12.0. The van der Waals surface area contributed by atoms with E-state index in [0.29, 0.717) is 11.3 Å². The molecule has 1 aromatic rings. The highest BCUT2D eigenvalue weighted by molar-refractivity contribution is 9.10. The Balaban J connectivity index is 2.32. The summed E-state index contributed by atoms with van der Waals surface area (Å²) < 4.78 is 1.14. The molecule has 0 radical (unpaired) electrons. The number of hydrogen-bond donors (Lipinski definition) is 1. The highest BCUT2D eigenvalue weighted by Gasteiger charge is 2.29. The molecule has 1 aliphatic heterocycles. The lowest BCUT2D eigenvalue weighted by Gasteiger charge is -2.39. The first kappa shape index (κ1) is 12.3. The molecule has 2 unspecified atom stereocenters. The van der Waals surface area contributed by atoms with E-state index in [2.05, 4.69) is 53.0 Å². The summed E-state index contributed by atoms with van der Waals surface area (Å²) in [6.07, 6.45) is 1.08. The zero-order valence-electron chi connectivity index (χ0n) is 9.61. The standard InChI is InChI=1S/C12H17BrN2S/c1-8-11(5-6-14)16-12-4-3-9(13)7-10(12)15(8)2/h3-4,7-8,11H,5-6,14H2,1-2H3. The number of halogens is 1. The fourth-order valence-electron chi connectivity index (χ4n) is 2.06. The number of nitrogens with two attached hydrogens (primary N) is 1. The van der Waals surface area contributed by atoms with Gasteiger partial charge in [-0.15, -0.1) is 11.8 Å². The predicted octanol–water partition coefficient (Wildman–Crippen LogP) is 3.10. The van der Waals surface area contributed by atoms with Crippen molar-refractivity contribution in [2.24, 2.45) is 5.73 Å². The Morgan fingerprint density at radius 1 is 1.50 bits per heavy atom. The Morgan fingerprint density at radius 3 is 2.94 bits per heavy atom. The molecule has 2 rings (SSSR count). The first-order valence-electron chi connectivity index (χ1n) is 5.52. The Bertz CT molecular complexity index is 383. The second-order valence-electron chi connectivity index (χ2n) is 4.20. The SMILES string of the molecule is CC1C(CCN)Sc2ccc(Br)cc2N1C. The Hall–Kier alpha value is -0.190. The molecule has 2 nitrogen and oxygen atoms in total. The summed E-state index contributed by atoms with van der Waals surface area (Å²) in [4.78, 5) is 3.72. The van der Waals surface area contributed by atoms with Gasteiger partial charge in [-0.3, -0.25) is 0 Å². The largest absolute Gasteiger partial charge is 0.370 e. The second kappa shape index (κ2) is 4.98. The molecule has 4 heteroatoms. The van der Waals surface area contributed by atoms with Crippen molar-refractivity contribution < 1.29 is 0 Å². The lowest BCUT2D eigenvalue weighted by atomic mass is 10.1. The van der Waals surface area contributed by atoms with E-state index in [9.17, 15) is 0 Å². The van der Waals surface area contributed by atoms with Crippen LogP contribution in [0.25, 0.3) is 0 Å². The van der Waals surface area contributed by atoms with Gasteiger partial charge in [0.2, 0.25) is 0 Å². The molecule has 0 saturated heterocycles. The van der Waals surface area contributed by atoms with Crippen molar-refractivity contribution in [3.63, 3.8) is 0 Å². The monoisotopic (exact) mass is 300 g/mol. The third kappa shape index (κ3) is 2.24. The second-order valence-corrected chi connectivity index (χ2v) is 6.39. The third-order valence-electron chi connectivity index (χ3n) is 3.18. The molecule has 2 atom stereocenters. The first-order chi connectivity index (χ1) is 7.63. The molecule has 16 heavy (non-hydrogen) atoms. The maximum atomic E-state index is 5.67. The summed E-state index contributed by atoms with van der Waals surface area (Å²) in [5.41, 5.74) is 6.99. The molecule has 0 saturated carbocycles. The minimum absolute atomic E-state index is 0.537. The molecule has 0 spiro atoms. The predicted molar refractivity (Wildman–Crippen MR) is 75.3 cm³/mol. The maximum absolute atomic E-state index is 5.67. The number of fused-ring (bicyclic) bond motifs is 1. The molecule has 0 bridgehead atoms. The van der Waals surface area contributed by atoms with Crippen molar-refractivity contribution in [1.29, 1.82) is 0 Å². The first-order valence-corrected chi connectivity index (χ1v) is 7.20. The van der Waals surface area contributed by atoms with Crippen LogP contribution in [-0.4, -0.2) is 24.9 Å². The van der Waals surface area contributed by atoms with Crippen LogP contribution in [0.5, 0.6) is 0 Å². The van der Waals surface area contributed by atoms with Crippen molar-refractivity contribution in [3.8, 4) is 0 Å². The highest BCUT2D eigenvalue weighted by atomic mass is 79.9. The molecule has 0 amide bonds. The fourth-order valence-corrected chi connectivity index (χ4v) is 3.84. The molecule has 1 heterocycles. The molecular weight excluding hydrogens is 284 g/mol. The summed E-state index contributed by atoms with van der Waals surface area (Å²) in [5.74, 6) is 0. The third-order valence-corrected chi connectivity index (χ3v) is 5.20. The van der Waals surface area contributed by atoms with Gasteiger partial charge in [0.1, 0.15) is 0 Å². The fraction of sp³-hybridized carbons (Fsp3) is 0.500. The van der Waals surface area contributed by atoms with Gasteiger partial charge in [-0.05, 0) is 38.1 Å². The van der Waals surface area contributed by atoms with Crippen LogP contribution in [0.3, 0.4) is 0 Å². The van der Waals surface area contributed by atoms with Crippen LogP contribution in [0.1, 0.15) is 13.3 Å². The smallest absolute Gasteiger partial charge is 0.0516 e. The number of benzene rings is 1. The molecule has 0 aromatic heterocycles. The molecule has 88 valence electrons. The van der Waals surface area contributed by atoms with Crippen LogP contribution >= 0.6 is 27.7 Å². The van der Waals surface area contributed by atoms with Gasteiger partial charge in [-0.1, -0.05) is 15.9 Å². The topological polar surface area (TPSA) is 29.3 Å². The minimum Gasteiger partial charge on any atom is -0.370 e. The average Bonchev–Trinajstić information content (AvgIpc) is 2.27. The van der Waals surface area contributed by atoms with Gasteiger partial charge in [0, 0.05) is 27.7 Å². The molecule has 0 aliphatic carbocycles. The number of anilines is 1. The maximum Gasteiger partial charge on any atom is 0.0516 e. The van der Waals surface area contributed by atoms with Crippen molar-refractivity contribution in [1.82, 2.24) is 0 Å². The van der Waals surface area contributed by atoms with Crippen LogP contribution in [0.4, 0.5) is 5.69 Å². The molecule has 2 N–H and O–H groups in total. The van der Waals surface area contributed by atoms with E-state index in [1.54, 1.807) is 0 Å². The van der Waals surface area contributed by atoms with Gasteiger partial charge in [0.15, 0.2) is 0 Å². The van der Waals surface area contributed by atoms with Crippen molar-refractivity contribution in [3.05, 3.63) is 22.7 Å². The van der Waals surface area contributed by atoms with Gasteiger partial charge in [-0.2, -0.15) is 0 Å². The van der Waals surface area contributed by atoms with E-state index in [1.165, 1.54) is 10.6 Å². The van der Waals surface area contributed by atoms with E-state index in [0.717, 1.165) is 17.4 Å². The summed E-state index contributed by atoms with van der Waals surface area (Å²) in [7, 11) is 2.17. The van der Waals surface area contributed by atoms with Gasteiger partial charge in [-0.25, -0.2) is 0 Å². The summed E-state index contributed by atoms with van der Waals surface area (Å²) >= 11 is 5.49. The molecule has 1 aliphatic rings. The van der Waals surface area contributed by atoms with Gasteiger partial charge >= 0.3 is 0 Å². The lowest BCUT2D eigenvalue weighted by molar-refractivity contribution is 0.604. The Labute approximate surface area is 110 Å². The minimum atomic E-state index is 0.537. The van der Waals surface area contributed by atoms with Crippen LogP contribution in [0, 0.1) is 0 Å². The van der Waals surface area contributed by atoms with Crippen LogP contribution in [0.15, 0.2) is 27.6 Å². The zero-order chi connectivity index (χ0) is 11.7. The van der Waals surface area contributed by atoms with E-state index < -0.39 is 0 Å². The average molecular weight is 301 g/mol. The summed E-state index contributed by atoms with van der Waals surface area (Å²) in [5, 5.41) is 0.601. The van der Waals surface area contributed by atoms with Gasteiger partial charge < -0.3 is 10.6 Å². The lowest BCUT2D eigenvalue weighted by Crippen LogP contribution is -2.41. The van der Waals surface area contributed by atoms with Crippen molar-refractivity contribution >= 4 is 33.4 Å². The van der Waals surface area contributed by atoms with Gasteiger partial charge in [0.05, 0.1) is 5.69 Å². The quantitative estimate of drug-likeness (QED) is 0.910. The number of hydrogen-bond acceptors (Lipinski definition) is 3. The van der Waals surface area contributed by atoms with Crippen LogP contribution < -0.4 is 10.6 Å². The molecular formula is C12H17BrN2S. The Morgan fingerprint density at radius 2 is 2.25 bits per heavy atom. The number of nitrogens with zero attached hydrogens (tertiary/aromatic N) is 1. The number of thioether (sulfide) groups is 1.